The van der Waals surface area contributed by atoms with Gasteiger partial charge in [-0.2, -0.15) is 10.2 Å². The van der Waals surface area contributed by atoms with Gasteiger partial charge in [0.1, 0.15) is 83.0 Å². The van der Waals surface area contributed by atoms with Crippen molar-refractivity contribution in [3.05, 3.63) is 316 Å². The average molecular weight is 2050 g/mol. The van der Waals surface area contributed by atoms with Crippen molar-refractivity contribution in [1.82, 2.24) is 108 Å². The van der Waals surface area contributed by atoms with E-state index in [-0.39, 0.29) is 151 Å². The summed E-state index contributed by atoms with van der Waals surface area (Å²) >= 11 is 6.57. The van der Waals surface area contributed by atoms with Crippen LogP contribution in [0.15, 0.2) is 226 Å². The van der Waals surface area contributed by atoms with Gasteiger partial charge in [0.2, 0.25) is 22.6 Å². The van der Waals surface area contributed by atoms with Gasteiger partial charge in [-0.1, -0.05) is 92.4 Å². The van der Waals surface area contributed by atoms with Gasteiger partial charge in [-0.3, -0.25) is 37.9 Å². The number of carbonyl (C=O) groups excluding carboxylic acids is 6. The minimum absolute atomic E-state index is 0.0203. The van der Waals surface area contributed by atoms with E-state index in [4.69, 9.17) is 54.5 Å². The SMILES string of the molecule is CCOC(=O)c1ncn2c1[C@@H]1CCCN1C(=O)c1cc(OC)ccc1-2.CCOc1ccc2[nH]cc(C(=O)NCc3ccccc3)c(=O)c2n1.FC(F)c1ncn2c1Cn1ncnc1-c1cc(Br)ccc1-2.[2H]C([2H])([2H])Oc1ccc2c(c1)C(=O)N1[C@@H](CC([2H])([2H])C1([2H])[2H])c1c(C(=O)OCC)ncn1-2.[2H]c1c([2H])c([2H])c(C([2H])([2H])NC(=O)c2c[nH]c3ccc(OC([2H])([2H])C)nc3c2=O)c([2H])c1[2H].[2H]c1c([2H])c2c(c([2H])c1Br)-c1ncnn1Cc1c(C(F)F)ncn1-2. The van der Waals surface area contributed by atoms with Gasteiger partial charge < -0.3 is 68.0 Å². The van der Waals surface area contributed by atoms with Crippen LogP contribution < -0.4 is 40.4 Å². The first kappa shape index (κ1) is 74.1. The summed E-state index contributed by atoms with van der Waals surface area (Å²) in [4.78, 5) is 142. The van der Waals surface area contributed by atoms with Gasteiger partial charge in [0.25, 0.3) is 36.5 Å². The van der Waals surface area contributed by atoms with Gasteiger partial charge in [-0.05, 0) is 149 Å². The molecule has 0 unspecified atom stereocenters. The number of aromatic amines is 2. The largest absolute Gasteiger partial charge is 0.497 e. The molecule has 16 aromatic rings. The van der Waals surface area contributed by atoms with Crippen molar-refractivity contribution in [2.45, 2.75) is 104 Å². The molecule has 22 rings (SSSR count). The molecule has 0 saturated carbocycles. The predicted octanol–water partition coefficient (Wildman–Crippen LogP) is 15.6. The monoisotopic (exact) mass is 2050 g/mol. The fraction of sp³-hybridized carbons (Fsp3) is 0.245. The topological polar surface area (TPSA) is 413 Å². The van der Waals surface area contributed by atoms with Crippen LogP contribution >= 0.6 is 31.9 Å². The average Bonchev–Trinajstić information content (AvgIpc) is 1.54. The number of amides is 4. The van der Waals surface area contributed by atoms with Gasteiger partial charge in [0.15, 0.2) is 23.0 Å². The first-order chi connectivity index (χ1) is 75.3. The van der Waals surface area contributed by atoms with Crippen LogP contribution in [0.5, 0.6) is 23.3 Å². The third-order valence-corrected chi connectivity index (χ3v) is 23.1. The van der Waals surface area contributed by atoms with E-state index >= 15 is 0 Å². The zero-order valence-corrected chi connectivity index (χ0v) is 77.1. The number of benzene rings is 6. The Balaban J connectivity index is 0.000000129. The summed E-state index contributed by atoms with van der Waals surface area (Å²) in [5.41, 5.74) is 3.23. The Labute approximate surface area is 837 Å². The number of nitrogens with one attached hydrogen (secondary N) is 4. The fourth-order valence-electron chi connectivity index (χ4n) is 16.0. The summed E-state index contributed by atoms with van der Waals surface area (Å²) in [6, 6.07) is 24.7. The Morgan fingerprint density at radius 2 is 1.09 bits per heavy atom. The molecule has 16 heterocycles. The second-order valence-corrected chi connectivity index (χ2v) is 32.0. The minimum atomic E-state index is -2.93. The molecule has 6 aliphatic rings. The van der Waals surface area contributed by atoms with Crippen LogP contribution in [0.1, 0.15) is 212 Å². The van der Waals surface area contributed by atoms with E-state index in [1.165, 1.54) is 75.9 Å². The lowest BCUT2D eigenvalue weighted by molar-refractivity contribution is 0.0505. The smallest absolute Gasteiger partial charge is 0.358 e. The van der Waals surface area contributed by atoms with Crippen LogP contribution in [0.4, 0.5) is 17.6 Å². The molecule has 0 spiro atoms. The second kappa shape index (κ2) is 42.2. The Morgan fingerprint density at radius 1 is 0.557 bits per heavy atom. The molecule has 716 valence electrons. The van der Waals surface area contributed by atoms with E-state index in [1.807, 2.05) is 76.3 Å². The maximum absolute atomic E-state index is 13.5. The number of H-pyrrole nitrogens is 2. The number of hydrogen-bond donors (Lipinski definition) is 4. The lowest BCUT2D eigenvalue weighted by Gasteiger charge is -2.22. The van der Waals surface area contributed by atoms with Crippen LogP contribution in [0.2, 0.25) is 0 Å². The van der Waals surface area contributed by atoms with E-state index in [1.54, 1.807) is 60.8 Å². The first-order valence-electron chi connectivity index (χ1n) is 52.1. The fourth-order valence-corrected chi connectivity index (χ4v) is 16.6. The molecular weight excluding hydrogens is 1950 g/mol. The number of pyridine rings is 4. The number of alkyl halides is 4. The van der Waals surface area contributed by atoms with Crippen molar-refractivity contribution in [2.24, 2.45) is 0 Å². The van der Waals surface area contributed by atoms with E-state index < -0.39 is 146 Å². The molecule has 42 heteroatoms. The molecule has 2 saturated heterocycles. The molecular formula is C98H88Br2F4N22O14. The van der Waals surface area contributed by atoms with Crippen LogP contribution in [0.3, 0.4) is 0 Å². The van der Waals surface area contributed by atoms with Gasteiger partial charge in [0.05, 0.1) is 154 Å². The highest BCUT2D eigenvalue weighted by Gasteiger charge is 2.43. The number of halogens is 6. The number of hydrogen-bond acceptors (Lipinski definition) is 24. The van der Waals surface area contributed by atoms with Crippen molar-refractivity contribution in [1.29, 1.82) is 0 Å². The molecule has 0 radical (unpaired) electrons. The quantitative estimate of drug-likeness (QED) is 0.0458. The number of rotatable bonds is 18. The molecule has 0 bridgehead atoms. The van der Waals surface area contributed by atoms with Crippen molar-refractivity contribution < 1.29 is 101 Å². The van der Waals surface area contributed by atoms with E-state index in [2.05, 4.69) is 97.2 Å². The van der Waals surface area contributed by atoms with Gasteiger partial charge in [-0.25, -0.2) is 76.4 Å². The zero-order valence-electron chi connectivity index (χ0n) is 92.9. The van der Waals surface area contributed by atoms with Crippen molar-refractivity contribution in [3.8, 4) is 68.8 Å². The number of ether oxygens (including phenoxy) is 6. The first-order valence-corrected chi connectivity index (χ1v) is 44.2. The molecule has 2 fully saturated rings. The molecule has 140 heavy (non-hydrogen) atoms. The minimum Gasteiger partial charge on any atom is -0.497 e. The van der Waals surface area contributed by atoms with Gasteiger partial charge >= 0.3 is 11.9 Å². The van der Waals surface area contributed by atoms with Crippen molar-refractivity contribution in [3.63, 3.8) is 0 Å². The van der Waals surface area contributed by atoms with E-state index in [9.17, 15) is 55.9 Å². The summed E-state index contributed by atoms with van der Waals surface area (Å²) < 4.78 is 243. The van der Waals surface area contributed by atoms with E-state index in [0.29, 0.717) is 59.6 Å². The van der Waals surface area contributed by atoms with Gasteiger partial charge in [-0.15, -0.1) is 0 Å². The summed E-state index contributed by atoms with van der Waals surface area (Å²) in [5, 5.41) is 12.8. The summed E-state index contributed by atoms with van der Waals surface area (Å²) in [6.45, 7) is 0.607. The lowest BCUT2D eigenvalue weighted by atomic mass is 10.1. The zero-order chi connectivity index (χ0) is 115. The van der Waals surface area contributed by atoms with Crippen LogP contribution in [-0.2, 0) is 35.6 Å². The number of imidazole rings is 4. The highest BCUT2D eigenvalue weighted by molar-refractivity contribution is 9.10. The molecule has 2 atom stereocenters. The van der Waals surface area contributed by atoms with Crippen LogP contribution in [0.25, 0.3) is 67.6 Å². The maximum Gasteiger partial charge on any atom is 0.358 e. The Morgan fingerprint density at radius 3 is 1.66 bits per heavy atom. The number of nitrogens with zero attached hydrogens (tertiary/aromatic N) is 18. The lowest BCUT2D eigenvalue weighted by Crippen LogP contribution is -2.30. The van der Waals surface area contributed by atoms with Crippen molar-refractivity contribution >= 4 is 89.5 Å². The van der Waals surface area contributed by atoms with Crippen LogP contribution in [0, 0.1) is 0 Å². The molecule has 4 N–H and O–H groups in total. The Kier molecular flexibility index (Phi) is 22.3. The molecule has 10 aromatic heterocycles. The molecule has 36 nitrogen and oxygen atoms in total. The van der Waals surface area contributed by atoms with E-state index in [0.717, 1.165) is 63.9 Å². The maximum atomic E-state index is 13.5. The molecule has 6 aliphatic heterocycles. The normalized spacial score (nSPS) is 16.9. The van der Waals surface area contributed by atoms with Crippen molar-refractivity contribution in [2.75, 3.05) is 53.6 Å². The number of esters is 2. The standard InChI is InChI=1S/2C18H19N3O4.2C18H17N3O3.2C13H8BrF2N5/c2*1-3-25-18(23)15-16-14-5-4-8-20(14)17(22)12-9-11(24-2)6-7-13(12)21(16)10-19-15;2*1-2-24-15-9-8-14-16(21-15)17(22)13(11-19-14)18(23)20-10-12-6-4-3-5-7-12;2*14-7-1-2-9-8(3-7)13-17-5-19-21(13)4-10-11(12(15)16)18-6-20(9)10/h2*6-7,9-10,14H,3-5,8H2,1-2H3;2*3-9,11H,2,10H2,1H3,(H,19,22)(H,20,23);2*1-3,5-6,12H,4H2/t2*14-;;;;/m00..../s1/i2D3,4D2,8D2;;2D2,3D,4D,5D,6D,7D,10D2;;1D,2D,3D;. The van der Waals surface area contributed by atoms with Gasteiger partial charge in [0, 0.05) is 76.2 Å². The summed E-state index contributed by atoms with van der Waals surface area (Å²) in [6.07, 6.45) is 4.03. The molecule has 0 aliphatic carbocycles. The third-order valence-electron chi connectivity index (χ3n) is 22.2. The Hall–Kier alpha value is -16.1. The van der Waals surface area contributed by atoms with Crippen LogP contribution in [-0.4, -0.2) is 187 Å². The number of aromatic nitrogens is 18. The number of fused-ring (bicyclic) bond motifs is 22. The second-order valence-electron chi connectivity index (χ2n) is 30.3. The Bertz CT molecular complexity index is 8560. The third kappa shape index (κ3) is 19.5. The summed E-state index contributed by atoms with van der Waals surface area (Å²) in [5.74, 6) is -2.27. The number of carbonyl (C=O) groups is 6. The summed E-state index contributed by atoms with van der Waals surface area (Å²) in [7, 11) is -1.20. The molecule has 4 amide bonds. The predicted molar refractivity (Wildman–Crippen MR) is 509 cm³/mol. The molecule has 6 aromatic carbocycles. The highest BCUT2D eigenvalue weighted by atomic mass is 79.9. The highest BCUT2D eigenvalue weighted by Crippen LogP contribution is 2.44. The number of methoxy groups -OCH3 is 2.